The van der Waals surface area contributed by atoms with E-state index in [0.29, 0.717) is 0 Å². The van der Waals surface area contributed by atoms with Gasteiger partial charge in [0.2, 0.25) is 0 Å². The predicted molar refractivity (Wildman–Crippen MR) is 98.7 cm³/mol. The first-order valence-corrected chi connectivity index (χ1v) is 9.48. The maximum atomic E-state index is 4.85. The van der Waals surface area contributed by atoms with E-state index in [1.807, 2.05) is 6.92 Å². The molecule has 0 bridgehead atoms. The molecule has 0 saturated carbocycles. The molecular formula is C19H45N2+. The number of rotatable bonds is 13. The zero-order valence-electron chi connectivity index (χ0n) is 15.9. The summed E-state index contributed by atoms with van der Waals surface area (Å²) < 4.78 is 1.12. The molecule has 2 N–H and O–H groups in total. The molecule has 0 saturated heterocycles. The van der Waals surface area contributed by atoms with Gasteiger partial charge in [0, 0.05) is 0 Å². The number of nitrogens with zero attached hydrogens (tertiary/aromatic N) is 1. The Morgan fingerprint density at radius 1 is 0.571 bits per heavy atom. The minimum Gasteiger partial charge on any atom is -0.331 e. The molecule has 0 atom stereocenters. The fourth-order valence-electron chi connectivity index (χ4n) is 2.43. The third-order valence-electron chi connectivity index (χ3n) is 3.68. The third-order valence-corrected chi connectivity index (χ3v) is 3.68. The number of hydrogen-bond acceptors (Lipinski definition) is 1. The number of unbranched alkanes of at least 4 members (excludes halogenated alkanes) is 11. The highest BCUT2D eigenvalue weighted by molar-refractivity contribution is 4.48. The molecule has 2 heteroatoms. The molecule has 0 aliphatic carbocycles. The van der Waals surface area contributed by atoms with Gasteiger partial charge in [-0.2, -0.15) is 0 Å². The van der Waals surface area contributed by atoms with Gasteiger partial charge < -0.3 is 10.2 Å². The van der Waals surface area contributed by atoms with Gasteiger partial charge in [-0.05, 0) is 19.4 Å². The molecule has 130 valence electrons. The van der Waals surface area contributed by atoms with Crippen LogP contribution in [-0.2, 0) is 0 Å². The molecule has 0 aliphatic heterocycles. The highest BCUT2D eigenvalue weighted by atomic mass is 15.3. The molecule has 0 aromatic carbocycles. The Morgan fingerprint density at radius 2 is 0.857 bits per heavy atom. The van der Waals surface area contributed by atoms with Crippen molar-refractivity contribution in [2.75, 3.05) is 34.2 Å². The predicted octanol–water partition coefficient (Wildman–Crippen LogP) is 5.36. The minimum absolute atomic E-state index is 0.750. The van der Waals surface area contributed by atoms with Crippen LogP contribution >= 0.6 is 0 Å². The van der Waals surface area contributed by atoms with E-state index in [0.717, 1.165) is 11.0 Å². The Morgan fingerprint density at radius 3 is 1.14 bits per heavy atom. The van der Waals surface area contributed by atoms with Crippen LogP contribution in [0.3, 0.4) is 0 Å². The third kappa shape index (κ3) is 28.7. The maximum Gasteiger partial charge on any atom is 0.0780 e. The summed E-state index contributed by atoms with van der Waals surface area (Å²) in [5, 5.41) is 0. The van der Waals surface area contributed by atoms with Gasteiger partial charge in [0.1, 0.15) is 0 Å². The van der Waals surface area contributed by atoms with Crippen molar-refractivity contribution in [2.45, 2.75) is 90.9 Å². The monoisotopic (exact) mass is 301 g/mol. The summed E-state index contributed by atoms with van der Waals surface area (Å²) in [5.74, 6) is 0. The van der Waals surface area contributed by atoms with Crippen molar-refractivity contribution in [3.8, 4) is 0 Å². The van der Waals surface area contributed by atoms with Crippen LogP contribution in [0.4, 0.5) is 0 Å². The minimum atomic E-state index is 0.750. The van der Waals surface area contributed by atoms with E-state index < -0.39 is 0 Å². The highest BCUT2D eigenvalue weighted by Gasteiger charge is 2.04. The van der Waals surface area contributed by atoms with E-state index in [-0.39, 0.29) is 0 Å². The SMILES string of the molecule is CCCCCCCCCCCCCC[N+](C)(C)C.CCN. The fourth-order valence-corrected chi connectivity index (χ4v) is 2.43. The Labute approximate surface area is 136 Å². The van der Waals surface area contributed by atoms with Gasteiger partial charge in [0.15, 0.2) is 0 Å². The molecule has 0 unspecified atom stereocenters. The summed E-state index contributed by atoms with van der Waals surface area (Å²) in [5.41, 5.74) is 4.85. The highest BCUT2D eigenvalue weighted by Crippen LogP contribution is 2.12. The normalized spacial score (nSPS) is 11.1. The Hall–Kier alpha value is -0.0800. The van der Waals surface area contributed by atoms with Crippen molar-refractivity contribution in [3.05, 3.63) is 0 Å². The lowest BCUT2D eigenvalue weighted by atomic mass is 10.1. The van der Waals surface area contributed by atoms with Crippen LogP contribution in [-0.4, -0.2) is 38.7 Å². The lowest BCUT2D eigenvalue weighted by molar-refractivity contribution is -0.870. The molecule has 0 rings (SSSR count). The molecule has 0 spiro atoms. The van der Waals surface area contributed by atoms with Crippen LogP contribution < -0.4 is 5.73 Å². The molecule has 2 nitrogen and oxygen atoms in total. The first-order valence-electron chi connectivity index (χ1n) is 9.48. The van der Waals surface area contributed by atoms with Gasteiger partial charge in [-0.1, -0.05) is 78.1 Å². The van der Waals surface area contributed by atoms with E-state index in [1.165, 1.54) is 83.6 Å². The van der Waals surface area contributed by atoms with Crippen LogP contribution in [0.1, 0.15) is 90.9 Å². The Balaban J connectivity index is 0. The molecule has 0 aromatic rings. The smallest absolute Gasteiger partial charge is 0.0780 e. The second-order valence-electron chi connectivity index (χ2n) is 7.31. The zero-order chi connectivity index (χ0) is 16.4. The second-order valence-corrected chi connectivity index (χ2v) is 7.31. The summed E-state index contributed by atoms with van der Waals surface area (Å²) in [6.45, 7) is 6.27. The van der Waals surface area contributed by atoms with Crippen molar-refractivity contribution in [1.29, 1.82) is 0 Å². The standard InChI is InChI=1S/C17H38N.C2H7N/c1-5-6-7-8-9-10-11-12-13-14-15-16-17-18(2,3)4;1-2-3/h5-17H2,1-4H3;2-3H2,1H3/q+1;. The summed E-state index contributed by atoms with van der Waals surface area (Å²) in [4.78, 5) is 0. The van der Waals surface area contributed by atoms with Crippen LogP contribution in [0.25, 0.3) is 0 Å². The van der Waals surface area contributed by atoms with E-state index in [9.17, 15) is 0 Å². The lowest BCUT2D eigenvalue weighted by Crippen LogP contribution is -2.35. The van der Waals surface area contributed by atoms with Gasteiger partial charge in [0.05, 0.1) is 27.7 Å². The van der Waals surface area contributed by atoms with Gasteiger partial charge in [-0.3, -0.25) is 0 Å². The fraction of sp³-hybridized carbons (Fsp3) is 1.00. The molecule has 0 radical (unpaired) electrons. The van der Waals surface area contributed by atoms with Gasteiger partial charge in [-0.25, -0.2) is 0 Å². The first-order chi connectivity index (χ1) is 9.97. The quantitative estimate of drug-likeness (QED) is 0.360. The summed E-state index contributed by atoms with van der Waals surface area (Å²) in [6.07, 6.45) is 17.4. The van der Waals surface area contributed by atoms with Crippen molar-refractivity contribution in [3.63, 3.8) is 0 Å². The lowest BCUT2D eigenvalue weighted by Gasteiger charge is -2.23. The van der Waals surface area contributed by atoms with Gasteiger partial charge in [-0.15, -0.1) is 0 Å². The van der Waals surface area contributed by atoms with Crippen molar-refractivity contribution < 1.29 is 4.48 Å². The van der Waals surface area contributed by atoms with Crippen LogP contribution in [0.15, 0.2) is 0 Å². The van der Waals surface area contributed by atoms with E-state index in [1.54, 1.807) is 0 Å². The maximum absolute atomic E-state index is 4.85. The second kappa shape index (κ2) is 18.0. The van der Waals surface area contributed by atoms with Gasteiger partial charge in [0.25, 0.3) is 0 Å². The molecule has 21 heavy (non-hydrogen) atoms. The van der Waals surface area contributed by atoms with Crippen molar-refractivity contribution in [1.82, 2.24) is 0 Å². The first kappa shape index (κ1) is 23.2. The number of quaternary nitrogens is 1. The van der Waals surface area contributed by atoms with Gasteiger partial charge >= 0.3 is 0 Å². The number of hydrogen-bond donors (Lipinski definition) is 1. The average Bonchev–Trinajstić information content (AvgIpc) is 2.40. The summed E-state index contributed by atoms with van der Waals surface area (Å²) in [6, 6.07) is 0. The van der Waals surface area contributed by atoms with Crippen molar-refractivity contribution in [2.24, 2.45) is 5.73 Å². The molecule has 0 aromatic heterocycles. The molecule has 0 fully saturated rings. The summed E-state index contributed by atoms with van der Waals surface area (Å²) in [7, 11) is 6.87. The largest absolute Gasteiger partial charge is 0.331 e. The molecule has 0 amide bonds. The molecular weight excluding hydrogens is 256 g/mol. The topological polar surface area (TPSA) is 26.0 Å². The van der Waals surface area contributed by atoms with E-state index in [4.69, 9.17) is 5.73 Å². The van der Waals surface area contributed by atoms with Crippen molar-refractivity contribution >= 4 is 0 Å². The van der Waals surface area contributed by atoms with E-state index in [2.05, 4.69) is 28.1 Å². The zero-order valence-corrected chi connectivity index (χ0v) is 15.9. The Kier molecular flexibility index (Phi) is 19.8. The van der Waals surface area contributed by atoms with Crippen LogP contribution in [0.2, 0.25) is 0 Å². The molecule has 0 aliphatic rings. The number of nitrogens with two attached hydrogens (primary N) is 1. The van der Waals surface area contributed by atoms with Crippen LogP contribution in [0, 0.1) is 0 Å². The van der Waals surface area contributed by atoms with Crippen LogP contribution in [0.5, 0.6) is 0 Å². The molecule has 0 heterocycles. The van der Waals surface area contributed by atoms with E-state index >= 15 is 0 Å². The summed E-state index contributed by atoms with van der Waals surface area (Å²) >= 11 is 0. The Bertz CT molecular complexity index is 173. The average molecular weight is 302 g/mol.